The Kier molecular flexibility index (Phi) is 6.28. The summed E-state index contributed by atoms with van der Waals surface area (Å²) in [6.07, 6.45) is 3.87. The van der Waals surface area contributed by atoms with Gasteiger partial charge in [-0.3, -0.25) is 4.98 Å². The average Bonchev–Trinajstić information content (AvgIpc) is 2.68. The lowest BCUT2D eigenvalue weighted by atomic mass is 10.1. The van der Waals surface area contributed by atoms with Crippen LogP contribution in [-0.2, 0) is 6.42 Å². The van der Waals surface area contributed by atoms with Crippen molar-refractivity contribution in [1.82, 2.24) is 15.0 Å². The number of nitrogens with one attached hydrogen (secondary N) is 1. The molecule has 4 nitrogen and oxygen atoms in total. The fraction of sp³-hybridized carbons (Fsp3) is 0.150. The van der Waals surface area contributed by atoms with Crippen LogP contribution in [-0.4, -0.2) is 15.0 Å². The third-order valence-corrected chi connectivity index (χ3v) is 4.84. The standard InChI is InChI=1S/C20H16ClFN4S/c1-3-18-17(20(21)25-12-24-18)9-4-14-10-19(13(2)23-11-14)26-27-16-7-5-15(22)6-8-16/h5-8,10-12,26H,3H2,1-2H3. The molecule has 3 aromatic rings. The van der Waals surface area contributed by atoms with Crippen molar-refractivity contribution in [3.8, 4) is 11.8 Å². The van der Waals surface area contributed by atoms with Crippen molar-refractivity contribution in [1.29, 1.82) is 0 Å². The van der Waals surface area contributed by atoms with E-state index in [9.17, 15) is 4.39 Å². The smallest absolute Gasteiger partial charge is 0.148 e. The monoisotopic (exact) mass is 398 g/mol. The molecule has 3 rings (SSSR count). The van der Waals surface area contributed by atoms with E-state index in [-0.39, 0.29) is 5.82 Å². The molecule has 0 saturated heterocycles. The van der Waals surface area contributed by atoms with E-state index in [0.29, 0.717) is 10.7 Å². The number of rotatable bonds is 4. The maximum absolute atomic E-state index is 13.0. The molecule has 2 aromatic heterocycles. The largest absolute Gasteiger partial charge is 0.324 e. The second kappa shape index (κ2) is 8.85. The van der Waals surface area contributed by atoms with Crippen molar-refractivity contribution in [2.45, 2.75) is 25.2 Å². The molecule has 7 heteroatoms. The van der Waals surface area contributed by atoms with Gasteiger partial charge >= 0.3 is 0 Å². The van der Waals surface area contributed by atoms with Gasteiger partial charge in [-0.05, 0) is 55.6 Å². The molecule has 0 amide bonds. The number of aryl methyl sites for hydroxylation is 2. The van der Waals surface area contributed by atoms with Gasteiger partial charge in [0, 0.05) is 16.7 Å². The van der Waals surface area contributed by atoms with Gasteiger partial charge in [0.2, 0.25) is 0 Å². The SMILES string of the molecule is CCc1ncnc(Cl)c1C#Cc1cnc(C)c(NSc2ccc(F)cc2)c1. The number of hydrogen-bond acceptors (Lipinski definition) is 5. The van der Waals surface area contributed by atoms with Crippen molar-refractivity contribution >= 4 is 29.2 Å². The fourth-order valence-electron chi connectivity index (χ4n) is 2.25. The molecule has 0 saturated carbocycles. The summed E-state index contributed by atoms with van der Waals surface area (Å²) in [5, 5.41) is 0.347. The molecule has 1 aromatic carbocycles. The summed E-state index contributed by atoms with van der Waals surface area (Å²) >= 11 is 7.53. The molecule has 0 atom stereocenters. The maximum atomic E-state index is 13.0. The van der Waals surface area contributed by atoms with E-state index in [2.05, 4.69) is 31.5 Å². The predicted molar refractivity (Wildman–Crippen MR) is 107 cm³/mol. The van der Waals surface area contributed by atoms with Crippen LogP contribution in [0.25, 0.3) is 0 Å². The van der Waals surface area contributed by atoms with Crippen LogP contribution in [0.5, 0.6) is 0 Å². The van der Waals surface area contributed by atoms with E-state index in [1.54, 1.807) is 18.3 Å². The van der Waals surface area contributed by atoms with Gasteiger partial charge in [-0.2, -0.15) is 0 Å². The molecular formula is C20H16ClFN4S. The topological polar surface area (TPSA) is 50.7 Å². The Bertz CT molecular complexity index is 1010. The lowest BCUT2D eigenvalue weighted by Gasteiger charge is -2.08. The van der Waals surface area contributed by atoms with Gasteiger partial charge in [-0.25, -0.2) is 14.4 Å². The van der Waals surface area contributed by atoms with E-state index in [4.69, 9.17) is 11.6 Å². The quantitative estimate of drug-likeness (QED) is 0.378. The molecule has 0 radical (unpaired) electrons. The van der Waals surface area contributed by atoms with Crippen molar-refractivity contribution in [3.63, 3.8) is 0 Å². The molecule has 27 heavy (non-hydrogen) atoms. The minimum atomic E-state index is -0.260. The number of aromatic nitrogens is 3. The zero-order chi connectivity index (χ0) is 19.2. The van der Waals surface area contributed by atoms with Crippen LogP contribution < -0.4 is 4.72 Å². The summed E-state index contributed by atoms with van der Waals surface area (Å²) in [4.78, 5) is 13.5. The van der Waals surface area contributed by atoms with E-state index in [0.717, 1.165) is 34.0 Å². The van der Waals surface area contributed by atoms with Gasteiger partial charge in [0.15, 0.2) is 0 Å². The summed E-state index contributed by atoms with van der Waals surface area (Å²) < 4.78 is 16.2. The van der Waals surface area contributed by atoms with Crippen LogP contribution in [0.15, 0.2) is 47.8 Å². The first-order valence-electron chi connectivity index (χ1n) is 8.23. The number of nitrogens with zero attached hydrogens (tertiary/aromatic N) is 3. The van der Waals surface area contributed by atoms with Crippen molar-refractivity contribution in [2.75, 3.05) is 4.72 Å². The van der Waals surface area contributed by atoms with Crippen LogP contribution in [0, 0.1) is 24.6 Å². The Morgan fingerprint density at radius 2 is 1.93 bits per heavy atom. The number of pyridine rings is 1. The highest BCUT2D eigenvalue weighted by molar-refractivity contribution is 8.00. The highest BCUT2D eigenvalue weighted by Gasteiger charge is 2.06. The summed E-state index contributed by atoms with van der Waals surface area (Å²) in [5.41, 5.74) is 3.86. The molecule has 1 N–H and O–H groups in total. The van der Waals surface area contributed by atoms with E-state index >= 15 is 0 Å². The Labute approximate surface area is 166 Å². The summed E-state index contributed by atoms with van der Waals surface area (Å²) in [7, 11) is 0. The molecule has 0 aliphatic carbocycles. The normalized spacial score (nSPS) is 10.2. The van der Waals surface area contributed by atoms with E-state index in [1.807, 2.05) is 19.9 Å². The van der Waals surface area contributed by atoms with Gasteiger partial charge in [0.1, 0.15) is 17.3 Å². The Hall–Kier alpha value is -2.62. The van der Waals surface area contributed by atoms with Crippen LogP contribution in [0.3, 0.4) is 0 Å². The summed E-state index contributed by atoms with van der Waals surface area (Å²) in [5.74, 6) is 5.87. The van der Waals surface area contributed by atoms with E-state index < -0.39 is 0 Å². The molecule has 0 aliphatic heterocycles. The lowest BCUT2D eigenvalue weighted by Crippen LogP contribution is -1.96. The van der Waals surface area contributed by atoms with Crippen LogP contribution >= 0.6 is 23.5 Å². The molecule has 0 aliphatic rings. The highest BCUT2D eigenvalue weighted by atomic mass is 35.5. The van der Waals surface area contributed by atoms with Gasteiger partial charge in [0.25, 0.3) is 0 Å². The number of halogens is 2. The second-order valence-corrected chi connectivity index (χ2v) is 6.84. The number of anilines is 1. The Morgan fingerprint density at radius 1 is 1.15 bits per heavy atom. The fourth-order valence-corrected chi connectivity index (χ4v) is 3.15. The van der Waals surface area contributed by atoms with Gasteiger partial charge < -0.3 is 4.72 Å². The molecule has 0 unspecified atom stereocenters. The van der Waals surface area contributed by atoms with Crippen LogP contribution in [0.4, 0.5) is 10.1 Å². The van der Waals surface area contributed by atoms with Crippen LogP contribution in [0.2, 0.25) is 5.15 Å². The zero-order valence-corrected chi connectivity index (χ0v) is 16.3. The van der Waals surface area contributed by atoms with Crippen molar-refractivity contribution in [3.05, 3.63) is 76.3 Å². The predicted octanol–water partition coefficient (Wildman–Crippen LogP) is 5.05. The minimum Gasteiger partial charge on any atom is -0.324 e. The Morgan fingerprint density at radius 3 is 2.67 bits per heavy atom. The molecule has 2 heterocycles. The first-order chi connectivity index (χ1) is 13.1. The third kappa shape index (κ3) is 4.97. The van der Waals surface area contributed by atoms with Crippen LogP contribution in [0.1, 0.15) is 29.4 Å². The third-order valence-electron chi connectivity index (χ3n) is 3.73. The zero-order valence-electron chi connectivity index (χ0n) is 14.8. The number of benzene rings is 1. The summed E-state index contributed by atoms with van der Waals surface area (Å²) in [6, 6.07) is 8.18. The minimum absolute atomic E-state index is 0.260. The van der Waals surface area contributed by atoms with Gasteiger partial charge in [-0.15, -0.1) is 0 Å². The molecule has 136 valence electrons. The Balaban J connectivity index is 1.81. The first kappa shape index (κ1) is 19.2. The summed E-state index contributed by atoms with van der Waals surface area (Å²) in [6.45, 7) is 3.90. The maximum Gasteiger partial charge on any atom is 0.148 e. The molecule has 0 spiro atoms. The van der Waals surface area contributed by atoms with Crippen molar-refractivity contribution < 1.29 is 4.39 Å². The average molecular weight is 399 g/mol. The number of hydrogen-bond donors (Lipinski definition) is 1. The molecule has 0 fully saturated rings. The molecule has 0 bridgehead atoms. The molecular weight excluding hydrogens is 383 g/mol. The first-order valence-corrected chi connectivity index (χ1v) is 9.42. The second-order valence-electron chi connectivity index (χ2n) is 5.60. The highest BCUT2D eigenvalue weighted by Crippen LogP contribution is 2.24. The van der Waals surface area contributed by atoms with E-state index in [1.165, 1.54) is 30.4 Å². The van der Waals surface area contributed by atoms with Crippen molar-refractivity contribution in [2.24, 2.45) is 0 Å². The van der Waals surface area contributed by atoms with Gasteiger partial charge in [-0.1, -0.05) is 30.4 Å². The van der Waals surface area contributed by atoms with Gasteiger partial charge in [0.05, 0.1) is 22.6 Å². The lowest BCUT2D eigenvalue weighted by molar-refractivity contribution is 0.626.